The van der Waals surface area contributed by atoms with Crippen molar-refractivity contribution in [2.75, 3.05) is 26.7 Å². The van der Waals surface area contributed by atoms with Crippen LogP contribution in [0.2, 0.25) is 0 Å². The first kappa shape index (κ1) is 17.4. The van der Waals surface area contributed by atoms with Crippen LogP contribution in [-0.4, -0.2) is 37.7 Å². The van der Waals surface area contributed by atoms with E-state index in [1.807, 2.05) is 0 Å². The van der Waals surface area contributed by atoms with E-state index >= 15 is 0 Å². The first-order valence-corrected chi connectivity index (χ1v) is 7.35. The van der Waals surface area contributed by atoms with Gasteiger partial charge in [-0.05, 0) is 37.1 Å². The smallest absolute Gasteiger partial charge is 0.0713 e. The van der Waals surface area contributed by atoms with E-state index in [9.17, 15) is 0 Å². The number of nitrogens with zero attached hydrogens (tertiary/aromatic N) is 1. The molecular weight excluding hydrogens is 272 g/mol. The number of hydrogen-bond acceptors (Lipinski definition) is 3. The topological polar surface area (TPSA) is 24.5 Å². The number of halogens is 1. The van der Waals surface area contributed by atoms with Gasteiger partial charge in [0.2, 0.25) is 0 Å². The summed E-state index contributed by atoms with van der Waals surface area (Å²) < 4.78 is 5.21. The van der Waals surface area contributed by atoms with Crippen molar-refractivity contribution in [1.29, 1.82) is 0 Å². The van der Waals surface area contributed by atoms with E-state index in [4.69, 9.17) is 4.74 Å². The zero-order chi connectivity index (χ0) is 13.5. The summed E-state index contributed by atoms with van der Waals surface area (Å²) in [5.41, 5.74) is 2.66. The van der Waals surface area contributed by atoms with E-state index in [-0.39, 0.29) is 12.4 Å². The molecule has 20 heavy (non-hydrogen) atoms. The highest BCUT2D eigenvalue weighted by Crippen LogP contribution is 2.15. The molecule has 1 aromatic rings. The molecule has 1 saturated heterocycles. The Morgan fingerprint density at radius 3 is 2.80 bits per heavy atom. The summed E-state index contributed by atoms with van der Waals surface area (Å²) in [6.45, 7) is 7.49. The number of rotatable bonds is 7. The zero-order valence-electron chi connectivity index (χ0n) is 12.6. The molecule has 1 N–H and O–H groups in total. The molecule has 1 aliphatic heterocycles. The monoisotopic (exact) mass is 298 g/mol. The van der Waals surface area contributed by atoms with E-state index in [2.05, 4.69) is 41.4 Å². The first-order chi connectivity index (χ1) is 9.33. The van der Waals surface area contributed by atoms with Gasteiger partial charge in [-0.25, -0.2) is 0 Å². The number of hydrogen-bond donors (Lipinski definition) is 1. The molecule has 114 valence electrons. The minimum absolute atomic E-state index is 0. The number of benzene rings is 1. The Morgan fingerprint density at radius 1 is 1.35 bits per heavy atom. The van der Waals surface area contributed by atoms with Crippen LogP contribution in [0.3, 0.4) is 0 Å². The van der Waals surface area contributed by atoms with E-state index in [0.717, 1.165) is 19.6 Å². The molecule has 2 rings (SSSR count). The summed E-state index contributed by atoms with van der Waals surface area (Å²) in [4.78, 5) is 2.62. The van der Waals surface area contributed by atoms with Gasteiger partial charge in [0, 0.05) is 26.2 Å². The molecule has 4 heteroatoms. The van der Waals surface area contributed by atoms with Crippen LogP contribution in [0.5, 0.6) is 0 Å². The van der Waals surface area contributed by atoms with Crippen molar-refractivity contribution in [3.63, 3.8) is 0 Å². The Kier molecular flexibility index (Phi) is 8.15. The molecule has 0 amide bonds. The lowest BCUT2D eigenvalue weighted by molar-refractivity contribution is 0.184. The van der Waals surface area contributed by atoms with Crippen molar-refractivity contribution in [2.24, 2.45) is 0 Å². The lowest BCUT2D eigenvalue weighted by atomic mass is 10.1. The molecule has 3 nitrogen and oxygen atoms in total. The molecule has 0 aromatic heterocycles. The van der Waals surface area contributed by atoms with Gasteiger partial charge in [0.05, 0.1) is 6.61 Å². The molecule has 1 atom stereocenters. The van der Waals surface area contributed by atoms with Crippen molar-refractivity contribution < 1.29 is 4.74 Å². The Balaban J connectivity index is 0.00000200. The van der Waals surface area contributed by atoms with Crippen LogP contribution >= 0.6 is 12.4 Å². The fourth-order valence-electron chi connectivity index (χ4n) is 2.85. The Morgan fingerprint density at radius 2 is 2.15 bits per heavy atom. The van der Waals surface area contributed by atoms with E-state index in [1.165, 1.54) is 30.5 Å². The van der Waals surface area contributed by atoms with Crippen LogP contribution in [0.25, 0.3) is 0 Å². The van der Waals surface area contributed by atoms with Gasteiger partial charge in [0.25, 0.3) is 0 Å². The molecule has 0 radical (unpaired) electrons. The number of methoxy groups -OCH3 is 1. The SMILES string of the molecule is CCCN(Cc1cccc(COC)c1)C1CCNC1.Cl. The molecule has 0 saturated carbocycles. The Bertz CT molecular complexity index is 380. The first-order valence-electron chi connectivity index (χ1n) is 7.35. The second kappa shape index (κ2) is 9.35. The largest absolute Gasteiger partial charge is 0.380 e. The van der Waals surface area contributed by atoms with Crippen LogP contribution in [0.15, 0.2) is 24.3 Å². The van der Waals surface area contributed by atoms with Crippen LogP contribution in [-0.2, 0) is 17.9 Å². The van der Waals surface area contributed by atoms with Gasteiger partial charge in [-0.1, -0.05) is 31.2 Å². The third-order valence-corrected chi connectivity index (χ3v) is 3.75. The molecule has 1 fully saturated rings. The Hall–Kier alpha value is -0.610. The molecule has 1 aromatic carbocycles. The van der Waals surface area contributed by atoms with Gasteiger partial charge in [-0.15, -0.1) is 12.4 Å². The van der Waals surface area contributed by atoms with Crippen molar-refractivity contribution >= 4 is 12.4 Å². The standard InChI is InChI=1S/C16H26N2O.ClH/c1-3-9-18(16-7-8-17-11-16)12-14-5-4-6-15(10-14)13-19-2;/h4-6,10,16-17H,3,7-9,11-13H2,1-2H3;1H. The molecule has 1 unspecified atom stereocenters. The number of nitrogens with one attached hydrogen (secondary N) is 1. The predicted octanol–water partition coefficient (Wildman–Crippen LogP) is 2.83. The highest BCUT2D eigenvalue weighted by molar-refractivity contribution is 5.85. The zero-order valence-corrected chi connectivity index (χ0v) is 13.4. The van der Waals surface area contributed by atoms with Crippen LogP contribution < -0.4 is 5.32 Å². The summed E-state index contributed by atoms with van der Waals surface area (Å²) >= 11 is 0. The number of ether oxygens (including phenoxy) is 1. The molecule has 0 spiro atoms. The minimum Gasteiger partial charge on any atom is -0.380 e. The maximum atomic E-state index is 5.21. The fourth-order valence-corrected chi connectivity index (χ4v) is 2.85. The van der Waals surface area contributed by atoms with Gasteiger partial charge in [0.1, 0.15) is 0 Å². The second-order valence-corrected chi connectivity index (χ2v) is 5.37. The summed E-state index contributed by atoms with van der Waals surface area (Å²) in [5, 5.41) is 3.47. The van der Waals surface area contributed by atoms with Crippen molar-refractivity contribution in [3.05, 3.63) is 35.4 Å². The maximum absolute atomic E-state index is 5.21. The lowest BCUT2D eigenvalue weighted by Crippen LogP contribution is -2.36. The van der Waals surface area contributed by atoms with Crippen molar-refractivity contribution in [3.8, 4) is 0 Å². The van der Waals surface area contributed by atoms with Gasteiger partial charge in [0.15, 0.2) is 0 Å². The molecule has 1 aliphatic rings. The third-order valence-electron chi connectivity index (χ3n) is 3.75. The summed E-state index contributed by atoms with van der Waals surface area (Å²) in [6.07, 6.45) is 2.49. The van der Waals surface area contributed by atoms with E-state index in [1.54, 1.807) is 7.11 Å². The fraction of sp³-hybridized carbons (Fsp3) is 0.625. The van der Waals surface area contributed by atoms with Gasteiger partial charge in [-0.2, -0.15) is 0 Å². The molecule has 0 aliphatic carbocycles. The Labute approximate surface area is 129 Å². The summed E-state index contributed by atoms with van der Waals surface area (Å²) in [5.74, 6) is 0. The average molecular weight is 299 g/mol. The van der Waals surface area contributed by atoms with Crippen molar-refractivity contribution in [2.45, 2.75) is 39.0 Å². The van der Waals surface area contributed by atoms with Crippen LogP contribution in [0.1, 0.15) is 30.9 Å². The average Bonchev–Trinajstić information content (AvgIpc) is 2.93. The van der Waals surface area contributed by atoms with E-state index < -0.39 is 0 Å². The summed E-state index contributed by atoms with van der Waals surface area (Å²) in [7, 11) is 1.75. The maximum Gasteiger partial charge on any atom is 0.0713 e. The lowest BCUT2D eigenvalue weighted by Gasteiger charge is -2.28. The minimum atomic E-state index is 0. The third kappa shape index (κ3) is 5.06. The molecular formula is C16H27ClN2O. The predicted molar refractivity (Wildman–Crippen MR) is 86.4 cm³/mol. The normalized spacial score (nSPS) is 18.2. The second-order valence-electron chi connectivity index (χ2n) is 5.37. The van der Waals surface area contributed by atoms with Gasteiger partial charge >= 0.3 is 0 Å². The van der Waals surface area contributed by atoms with Crippen LogP contribution in [0, 0.1) is 0 Å². The molecule has 1 heterocycles. The van der Waals surface area contributed by atoms with Crippen LogP contribution in [0.4, 0.5) is 0 Å². The molecule has 0 bridgehead atoms. The highest BCUT2D eigenvalue weighted by Gasteiger charge is 2.21. The highest BCUT2D eigenvalue weighted by atomic mass is 35.5. The summed E-state index contributed by atoms with van der Waals surface area (Å²) in [6, 6.07) is 9.47. The van der Waals surface area contributed by atoms with Crippen molar-refractivity contribution in [1.82, 2.24) is 10.2 Å². The van der Waals surface area contributed by atoms with Gasteiger partial charge < -0.3 is 10.1 Å². The van der Waals surface area contributed by atoms with E-state index in [0.29, 0.717) is 12.6 Å². The van der Waals surface area contributed by atoms with Gasteiger partial charge in [-0.3, -0.25) is 4.90 Å². The quantitative estimate of drug-likeness (QED) is 0.838.